The second-order valence-corrected chi connectivity index (χ2v) is 14.0. The summed E-state index contributed by atoms with van der Waals surface area (Å²) in [6, 6.07) is 0. The van der Waals surface area contributed by atoms with Crippen molar-refractivity contribution in [3.63, 3.8) is 0 Å². The third-order valence-electron chi connectivity index (χ3n) is 6.58. The zero-order chi connectivity index (χ0) is 24.0. The van der Waals surface area contributed by atoms with E-state index in [0.29, 0.717) is 7.92 Å². The van der Waals surface area contributed by atoms with Crippen LogP contribution in [0.2, 0.25) is 4.89 Å². The number of alkyl halides is 3. The summed E-state index contributed by atoms with van der Waals surface area (Å²) in [5.41, 5.74) is -2.08. The molecular formula is C23H40F3O3PPdS. The van der Waals surface area contributed by atoms with Crippen molar-refractivity contribution in [2.24, 2.45) is 0 Å². The average molecular weight is 591 g/mol. The van der Waals surface area contributed by atoms with Crippen molar-refractivity contribution in [2.75, 3.05) is 0 Å². The summed E-state index contributed by atoms with van der Waals surface area (Å²) in [7, 11) is -5.71. The zero-order valence-corrected chi connectivity index (χ0v) is 22.5. The predicted octanol–water partition coefficient (Wildman–Crippen LogP) is 8.05. The Hall–Kier alpha value is 0.532. The van der Waals surface area contributed by atoms with Crippen LogP contribution in [-0.2, 0) is 29.3 Å². The Morgan fingerprint density at radius 2 is 1.09 bits per heavy atom. The minimum atomic E-state index is -6.09. The maximum atomic E-state index is 10.7. The molecule has 0 amide bonds. The first-order valence-corrected chi connectivity index (χ1v) is 16.1. The van der Waals surface area contributed by atoms with E-state index in [0.717, 1.165) is 4.89 Å². The monoisotopic (exact) mass is 590 g/mol. The molecule has 3 rings (SSSR count). The molecule has 192 valence electrons. The molecule has 0 bridgehead atoms. The van der Waals surface area contributed by atoms with E-state index in [-0.39, 0.29) is 0 Å². The molecule has 3 aliphatic rings. The Kier molecular flexibility index (Phi) is 15.5. The van der Waals surface area contributed by atoms with Crippen molar-refractivity contribution in [3.05, 3.63) is 12.2 Å². The summed E-state index contributed by atoms with van der Waals surface area (Å²) in [5.74, 6) is 0. The van der Waals surface area contributed by atoms with Gasteiger partial charge in [0.1, 0.15) is 0 Å². The van der Waals surface area contributed by atoms with E-state index in [2.05, 4.69) is 25.3 Å². The van der Waals surface area contributed by atoms with Gasteiger partial charge in [-0.1, -0.05) is 65.7 Å². The molecule has 9 heteroatoms. The van der Waals surface area contributed by atoms with E-state index >= 15 is 0 Å². The van der Waals surface area contributed by atoms with Crippen molar-refractivity contribution in [1.29, 1.82) is 0 Å². The molecule has 0 atom stereocenters. The van der Waals surface area contributed by atoms with Crippen LogP contribution in [0.15, 0.2) is 12.2 Å². The van der Waals surface area contributed by atoms with Gasteiger partial charge in [-0.25, -0.2) is 8.42 Å². The fourth-order valence-electron chi connectivity index (χ4n) is 5.11. The van der Waals surface area contributed by atoms with Crippen LogP contribution in [0, 0.1) is 0 Å². The second kappa shape index (κ2) is 16.2. The number of allylic oxidation sites excluding steroid dienone is 2. The molecule has 0 aliphatic heterocycles. The molecule has 0 aromatic heterocycles. The molecule has 3 nitrogen and oxygen atoms in total. The normalized spacial score (nSPS) is 22.2. The fourth-order valence-corrected chi connectivity index (χ4v) is 10.1. The van der Waals surface area contributed by atoms with Gasteiger partial charge < -0.3 is 4.55 Å². The standard InChI is InChI=1S/C18H33P.C4H7.CHF3O3S.Pd/c1-4-10-16(11-5-1)19(17-12-6-2-7-13-17)18-14-8-3-9-15-18;1-3-4-2;2-1(3,4)8(5,6)7;/h16-18H,1-15H2;3-4H,1H2,2H3;(H,5,6,7);/q;;;+1/p-1/b;4-3+;;. The van der Waals surface area contributed by atoms with Crippen LogP contribution in [0.5, 0.6) is 0 Å². The molecule has 0 N–H and O–H groups in total. The van der Waals surface area contributed by atoms with E-state index in [9.17, 15) is 13.2 Å². The van der Waals surface area contributed by atoms with Crippen molar-refractivity contribution in [2.45, 2.75) is 131 Å². The maximum Gasteiger partial charge on any atom is 0.485 e. The number of halogens is 3. The van der Waals surface area contributed by atoms with Crippen LogP contribution in [0.4, 0.5) is 13.2 Å². The SMILES string of the molecule is C/C=C/[CH2][Pd+].C1CCC(P(C2CCCCC2)C2CCCCC2)CC1.O=S(=O)([O-])C(F)(F)F. The Morgan fingerprint density at radius 1 is 0.812 bits per heavy atom. The number of hydrogen-bond acceptors (Lipinski definition) is 3. The summed E-state index contributed by atoms with van der Waals surface area (Å²) in [6.07, 6.45) is 27.7. The first-order valence-electron chi connectivity index (χ1n) is 12.0. The first kappa shape index (κ1) is 30.6. The van der Waals surface area contributed by atoms with Crippen LogP contribution in [0.3, 0.4) is 0 Å². The van der Waals surface area contributed by atoms with E-state index in [1.807, 2.05) is 13.0 Å². The van der Waals surface area contributed by atoms with Crippen LogP contribution in [-0.4, -0.2) is 35.5 Å². The van der Waals surface area contributed by atoms with Crippen LogP contribution < -0.4 is 0 Å². The predicted molar refractivity (Wildman–Crippen MR) is 123 cm³/mol. The Balaban J connectivity index is 0.000000329. The first-order chi connectivity index (χ1) is 15.1. The summed E-state index contributed by atoms with van der Waals surface area (Å²) in [4.78, 5) is 1.01. The van der Waals surface area contributed by atoms with Gasteiger partial charge in [0, 0.05) is 0 Å². The molecule has 0 heterocycles. The van der Waals surface area contributed by atoms with Gasteiger partial charge in [-0.3, -0.25) is 0 Å². The van der Waals surface area contributed by atoms with Crippen LogP contribution in [0.1, 0.15) is 103 Å². The topological polar surface area (TPSA) is 57.2 Å². The molecule has 0 saturated heterocycles. The van der Waals surface area contributed by atoms with Crippen molar-refractivity contribution in [3.8, 4) is 0 Å². The van der Waals surface area contributed by atoms with Gasteiger partial charge >= 0.3 is 48.7 Å². The Morgan fingerprint density at radius 3 is 1.25 bits per heavy atom. The van der Waals surface area contributed by atoms with Gasteiger partial charge in [0.25, 0.3) is 0 Å². The molecule has 3 aliphatic carbocycles. The van der Waals surface area contributed by atoms with Gasteiger partial charge in [0.05, 0.1) is 0 Å². The summed E-state index contributed by atoms with van der Waals surface area (Å²) >= 11 is 3.00. The van der Waals surface area contributed by atoms with E-state index in [1.165, 1.54) is 36.2 Å². The number of rotatable bonds is 4. The minimum Gasteiger partial charge on any atom is -0.741 e. The van der Waals surface area contributed by atoms with Gasteiger partial charge in [0.15, 0.2) is 10.1 Å². The molecule has 0 radical (unpaired) electrons. The average Bonchev–Trinajstić information content (AvgIpc) is 2.76. The quantitative estimate of drug-likeness (QED) is 0.109. The van der Waals surface area contributed by atoms with E-state index in [4.69, 9.17) is 13.0 Å². The van der Waals surface area contributed by atoms with Gasteiger partial charge in [-0.05, 0) is 55.5 Å². The van der Waals surface area contributed by atoms with Gasteiger partial charge in [0.2, 0.25) is 0 Å². The van der Waals surface area contributed by atoms with Crippen LogP contribution in [0.25, 0.3) is 0 Å². The molecule has 0 unspecified atom stereocenters. The Labute approximate surface area is 205 Å². The molecule has 3 saturated carbocycles. The molecule has 0 aromatic rings. The largest absolute Gasteiger partial charge is 0.741 e. The van der Waals surface area contributed by atoms with E-state index in [1.54, 1.807) is 77.0 Å². The molecular weight excluding hydrogens is 551 g/mol. The second-order valence-electron chi connectivity index (χ2n) is 8.92. The van der Waals surface area contributed by atoms with Crippen molar-refractivity contribution in [1.82, 2.24) is 0 Å². The summed E-state index contributed by atoms with van der Waals surface area (Å²) in [5, 5.41) is 0. The van der Waals surface area contributed by atoms with Gasteiger partial charge in [-0.15, -0.1) is 0 Å². The Bertz CT molecular complexity index is 568. The smallest absolute Gasteiger partial charge is 0.485 e. The third-order valence-corrected chi connectivity index (χ3v) is 11.6. The summed E-state index contributed by atoms with van der Waals surface area (Å²) in [6.45, 7) is 2.01. The van der Waals surface area contributed by atoms with Crippen molar-refractivity contribution >= 4 is 18.0 Å². The van der Waals surface area contributed by atoms with Crippen molar-refractivity contribution < 1.29 is 45.3 Å². The molecule has 0 spiro atoms. The molecule has 3 fully saturated rings. The summed E-state index contributed by atoms with van der Waals surface area (Å²) < 4.78 is 58.9. The van der Waals surface area contributed by atoms with Crippen LogP contribution >= 0.6 is 7.92 Å². The van der Waals surface area contributed by atoms with E-state index < -0.39 is 15.6 Å². The maximum absolute atomic E-state index is 10.7. The zero-order valence-electron chi connectivity index (χ0n) is 19.2. The van der Waals surface area contributed by atoms with Gasteiger partial charge in [-0.2, -0.15) is 13.2 Å². The molecule has 0 aromatic carbocycles. The molecule has 32 heavy (non-hydrogen) atoms. The minimum absolute atomic E-state index is 0.385. The third kappa shape index (κ3) is 11.8. The fraction of sp³-hybridized carbons (Fsp3) is 0.913. The number of hydrogen-bond donors (Lipinski definition) is 0.